The van der Waals surface area contributed by atoms with Crippen LogP contribution in [-0.4, -0.2) is 57.8 Å². The highest BCUT2D eigenvalue weighted by Crippen LogP contribution is 2.37. The van der Waals surface area contributed by atoms with Gasteiger partial charge in [0.1, 0.15) is 0 Å². The summed E-state index contributed by atoms with van der Waals surface area (Å²) in [5.74, 6) is 1.54. The number of nitrogens with zero attached hydrogens (tertiary/aromatic N) is 2. The number of guanidine groups is 1. The van der Waals surface area contributed by atoms with Crippen LogP contribution < -0.4 is 10.6 Å². The van der Waals surface area contributed by atoms with E-state index < -0.39 is 0 Å². The molecule has 0 amide bonds. The molecule has 0 saturated carbocycles. The smallest absolute Gasteiger partial charge is 0.191 e. The minimum absolute atomic E-state index is 0. The van der Waals surface area contributed by atoms with Gasteiger partial charge in [0.2, 0.25) is 0 Å². The summed E-state index contributed by atoms with van der Waals surface area (Å²) in [5.41, 5.74) is 0. The Morgan fingerprint density at radius 2 is 2.19 bits per heavy atom. The van der Waals surface area contributed by atoms with Gasteiger partial charge in [-0.15, -0.1) is 35.3 Å². The largest absolute Gasteiger partial charge is 0.385 e. The maximum atomic E-state index is 5.10. The molecule has 0 aromatic carbocycles. The number of ether oxygens (including phenoxy) is 1. The SMILES string of the molecule is CCNC(=NCC1CCCN(C)C1c1cccs1)NCCCCCOC.I. The van der Waals surface area contributed by atoms with Crippen molar-refractivity contribution in [2.75, 3.05) is 46.9 Å². The first-order valence-corrected chi connectivity index (χ1v) is 10.9. The normalized spacial score (nSPS) is 20.9. The summed E-state index contributed by atoms with van der Waals surface area (Å²) in [6, 6.07) is 4.94. The number of nitrogens with one attached hydrogen (secondary N) is 2. The van der Waals surface area contributed by atoms with E-state index in [1.54, 1.807) is 7.11 Å². The zero-order valence-electron chi connectivity index (χ0n) is 17.1. The van der Waals surface area contributed by atoms with Crippen LogP contribution in [0.3, 0.4) is 0 Å². The molecule has 1 aliphatic heterocycles. The van der Waals surface area contributed by atoms with Crippen LogP contribution in [0.15, 0.2) is 22.5 Å². The van der Waals surface area contributed by atoms with E-state index in [1.165, 1.54) is 30.7 Å². The maximum absolute atomic E-state index is 5.10. The number of likely N-dealkylation sites (tertiary alicyclic amines) is 1. The molecular formula is C20H37IN4OS. The van der Waals surface area contributed by atoms with Crippen molar-refractivity contribution in [2.45, 2.75) is 45.1 Å². The Bertz CT molecular complexity index is 512. The van der Waals surface area contributed by atoms with Gasteiger partial charge in [-0.05, 0) is 70.0 Å². The molecule has 1 aromatic rings. The van der Waals surface area contributed by atoms with Crippen molar-refractivity contribution in [1.29, 1.82) is 0 Å². The van der Waals surface area contributed by atoms with Crippen LogP contribution >= 0.6 is 35.3 Å². The summed E-state index contributed by atoms with van der Waals surface area (Å²) < 4.78 is 5.10. The maximum Gasteiger partial charge on any atom is 0.191 e. The van der Waals surface area contributed by atoms with E-state index in [2.05, 4.69) is 47.0 Å². The molecule has 1 saturated heterocycles. The number of hydrogen-bond acceptors (Lipinski definition) is 4. The molecule has 2 unspecified atom stereocenters. The zero-order valence-corrected chi connectivity index (χ0v) is 20.2. The van der Waals surface area contributed by atoms with Gasteiger partial charge in [0.15, 0.2) is 5.96 Å². The Balaban J connectivity index is 0.00000364. The molecule has 7 heteroatoms. The molecule has 1 aliphatic rings. The molecule has 5 nitrogen and oxygen atoms in total. The topological polar surface area (TPSA) is 48.9 Å². The molecule has 2 rings (SSSR count). The van der Waals surface area contributed by atoms with E-state index in [1.807, 2.05) is 11.3 Å². The summed E-state index contributed by atoms with van der Waals surface area (Å²) in [4.78, 5) is 8.89. The molecule has 0 radical (unpaired) electrons. The third kappa shape index (κ3) is 8.66. The first kappa shape index (κ1) is 24.7. The predicted molar refractivity (Wildman–Crippen MR) is 128 cm³/mol. The Morgan fingerprint density at radius 3 is 2.89 bits per heavy atom. The minimum Gasteiger partial charge on any atom is -0.385 e. The van der Waals surface area contributed by atoms with Crippen LogP contribution in [0, 0.1) is 5.92 Å². The zero-order chi connectivity index (χ0) is 18.6. The highest BCUT2D eigenvalue weighted by molar-refractivity contribution is 14.0. The average molecular weight is 509 g/mol. The summed E-state index contributed by atoms with van der Waals surface area (Å²) in [6.07, 6.45) is 5.99. The first-order valence-electron chi connectivity index (χ1n) is 10.0. The van der Waals surface area contributed by atoms with Gasteiger partial charge in [-0.2, -0.15) is 0 Å². The predicted octanol–water partition coefficient (Wildman–Crippen LogP) is 4.12. The van der Waals surface area contributed by atoms with Crippen molar-refractivity contribution in [3.63, 3.8) is 0 Å². The van der Waals surface area contributed by atoms with Gasteiger partial charge < -0.3 is 15.4 Å². The van der Waals surface area contributed by atoms with E-state index in [9.17, 15) is 0 Å². The summed E-state index contributed by atoms with van der Waals surface area (Å²) in [6.45, 7) is 6.91. The fraction of sp³-hybridized carbons (Fsp3) is 0.750. The average Bonchev–Trinajstić information content (AvgIpc) is 3.16. The number of methoxy groups -OCH3 is 1. The van der Waals surface area contributed by atoms with Crippen molar-refractivity contribution in [1.82, 2.24) is 15.5 Å². The second kappa shape index (κ2) is 14.6. The van der Waals surface area contributed by atoms with Gasteiger partial charge >= 0.3 is 0 Å². The quantitative estimate of drug-likeness (QED) is 0.216. The molecule has 1 aromatic heterocycles. The van der Waals surface area contributed by atoms with Gasteiger partial charge in [-0.25, -0.2) is 0 Å². The van der Waals surface area contributed by atoms with Crippen molar-refractivity contribution in [2.24, 2.45) is 10.9 Å². The van der Waals surface area contributed by atoms with Gasteiger partial charge in [-0.1, -0.05) is 6.07 Å². The van der Waals surface area contributed by atoms with Crippen LogP contribution in [0.4, 0.5) is 0 Å². The van der Waals surface area contributed by atoms with Crippen molar-refractivity contribution in [3.8, 4) is 0 Å². The highest BCUT2D eigenvalue weighted by Gasteiger charge is 2.31. The Kier molecular flexibility index (Phi) is 13.3. The number of rotatable bonds is 10. The number of unbranched alkanes of at least 4 members (excludes halogenated alkanes) is 2. The third-order valence-corrected chi connectivity index (χ3v) is 5.93. The number of thiophene rings is 1. The Labute approximate surface area is 186 Å². The molecule has 0 spiro atoms. The highest BCUT2D eigenvalue weighted by atomic mass is 127. The van der Waals surface area contributed by atoms with Crippen LogP contribution in [0.1, 0.15) is 49.9 Å². The van der Waals surface area contributed by atoms with Gasteiger partial charge in [0.25, 0.3) is 0 Å². The second-order valence-electron chi connectivity index (χ2n) is 7.04. The second-order valence-corrected chi connectivity index (χ2v) is 8.02. The summed E-state index contributed by atoms with van der Waals surface area (Å²) in [5, 5.41) is 9.06. The Hall–Kier alpha value is -0.380. The molecule has 2 N–H and O–H groups in total. The van der Waals surface area contributed by atoms with Crippen molar-refractivity contribution in [3.05, 3.63) is 22.4 Å². The lowest BCUT2D eigenvalue weighted by Crippen LogP contribution is -2.40. The molecular weight excluding hydrogens is 471 g/mol. The van der Waals surface area contributed by atoms with Crippen LogP contribution in [0.25, 0.3) is 0 Å². The number of halogens is 1. The summed E-state index contributed by atoms with van der Waals surface area (Å²) >= 11 is 1.87. The van der Waals surface area contributed by atoms with Crippen molar-refractivity contribution >= 4 is 41.3 Å². The van der Waals surface area contributed by atoms with Crippen LogP contribution in [0.2, 0.25) is 0 Å². The van der Waals surface area contributed by atoms with Gasteiger partial charge in [0.05, 0.1) is 0 Å². The fourth-order valence-electron chi connectivity index (χ4n) is 3.67. The van der Waals surface area contributed by atoms with E-state index in [0.29, 0.717) is 12.0 Å². The standard InChI is InChI=1S/C20H36N4OS.HI/c1-4-21-20(22-12-6-5-7-14-25-3)23-16-17-10-8-13-24(2)19(17)18-11-9-15-26-18;/h9,11,15,17,19H,4-8,10,12-14,16H2,1-3H3,(H2,21,22,23);1H. The fourth-order valence-corrected chi connectivity index (χ4v) is 4.65. The van der Waals surface area contributed by atoms with Crippen LogP contribution in [0.5, 0.6) is 0 Å². The van der Waals surface area contributed by atoms with Crippen LogP contribution in [-0.2, 0) is 4.74 Å². The number of hydrogen-bond donors (Lipinski definition) is 2. The van der Waals surface area contributed by atoms with Gasteiger partial charge in [-0.3, -0.25) is 9.89 Å². The molecule has 0 aliphatic carbocycles. The minimum atomic E-state index is 0. The molecule has 156 valence electrons. The van der Waals surface area contributed by atoms with E-state index in [0.717, 1.165) is 45.0 Å². The van der Waals surface area contributed by atoms with E-state index in [-0.39, 0.29) is 24.0 Å². The lowest BCUT2D eigenvalue weighted by atomic mass is 9.88. The third-order valence-electron chi connectivity index (χ3n) is 4.99. The van der Waals surface area contributed by atoms with Gasteiger partial charge in [0, 0.05) is 44.3 Å². The first-order chi connectivity index (χ1) is 12.8. The monoisotopic (exact) mass is 508 g/mol. The Morgan fingerprint density at radius 1 is 1.33 bits per heavy atom. The van der Waals surface area contributed by atoms with Crippen molar-refractivity contribution < 1.29 is 4.74 Å². The molecule has 1 fully saturated rings. The number of piperidine rings is 1. The lowest BCUT2D eigenvalue weighted by Gasteiger charge is -2.38. The molecule has 27 heavy (non-hydrogen) atoms. The molecule has 2 heterocycles. The van der Waals surface area contributed by atoms with E-state index >= 15 is 0 Å². The lowest BCUT2D eigenvalue weighted by molar-refractivity contribution is 0.128. The number of aliphatic imine (C=N–C) groups is 1. The van der Waals surface area contributed by atoms with E-state index in [4.69, 9.17) is 9.73 Å². The summed E-state index contributed by atoms with van der Waals surface area (Å²) in [7, 11) is 4.02. The molecule has 0 bridgehead atoms. The molecule has 2 atom stereocenters.